The minimum Gasteiger partial charge on any atom is -0.229 e. The van der Waals surface area contributed by atoms with Crippen LogP contribution in [-0.4, -0.2) is 9.92 Å². The molecule has 0 aromatic heterocycles. The zero-order chi connectivity index (χ0) is 7.02. The van der Waals surface area contributed by atoms with Crippen molar-refractivity contribution in [1.82, 2.24) is 0 Å². The van der Waals surface area contributed by atoms with E-state index in [1.807, 2.05) is 13.8 Å². The van der Waals surface area contributed by atoms with Gasteiger partial charge in [-0.1, -0.05) is 9.24 Å². The fourth-order valence-corrected chi connectivity index (χ4v) is 1.81. The first-order valence-electron chi connectivity index (χ1n) is 2.57. The van der Waals surface area contributed by atoms with Gasteiger partial charge in [0, 0.05) is 0 Å². The predicted octanol–water partition coefficient (Wildman–Crippen LogP) is 1.23. The molecule has 50 valence electrons. The fourth-order valence-electron chi connectivity index (χ4n) is 0.551. The van der Waals surface area contributed by atoms with Gasteiger partial charge in [0.15, 0.2) is 11.0 Å². The van der Waals surface area contributed by atoms with E-state index in [2.05, 4.69) is 13.6 Å². The zero-order valence-corrected chi connectivity index (χ0v) is 7.31. The second-order valence-electron chi connectivity index (χ2n) is 1.92. The standard InChI is InChI=1S/C5H8NOPS/c1-3-4(2)6-9(7)5(3)8/h8H2,1-2H3. The van der Waals surface area contributed by atoms with Gasteiger partial charge in [-0.25, -0.2) is 4.21 Å². The largest absolute Gasteiger partial charge is 0.229 e. The molecule has 2 atom stereocenters. The molecule has 0 spiro atoms. The first-order chi connectivity index (χ1) is 4.13. The molecule has 2 unspecified atom stereocenters. The van der Waals surface area contributed by atoms with E-state index in [9.17, 15) is 4.21 Å². The maximum absolute atomic E-state index is 10.8. The zero-order valence-electron chi connectivity index (χ0n) is 5.34. The quantitative estimate of drug-likeness (QED) is 0.491. The first-order valence-corrected chi connectivity index (χ1v) is 4.25. The smallest absolute Gasteiger partial charge is 0.172 e. The molecule has 0 fully saturated rings. The van der Waals surface area contributed by atoms with Crippen LogP contribution < -0.4 is 0 Å². The third-order valence-electron chi connectivity index (χ3n) is 1.32. The minimum absolute atomic E-state index is 0.813. The average molecular weight is 161 g/mol. The summed E-state index contributed by atoms with van der Waals surface area (Å²) in [6.45, 7) is 3.79. The van der Waals surface area contributed by atoms with E-state index in [0.717, 1.165) is 15.9 Å². The molecule has 0 aromatic carbocycles. The molecule has 1 rings (SSSR count). The second-order valence-corrected chi connectivity index (χ2v) is 4.03. The molecule has 1 aliphatic heterocycles. The molecule has 4 heteroatoms. The van der Waals surface area contributed by atoms with Crippen LogP contribution in [0.25, 0.3) is 0 Å². The van der Waals surface area contributed by atoms with Crippen molar-refractivity contribution < 1.29 is 4.21 Å². The summed E-state index contributed by atoms with van der Waals surface area (Å²) in [5.41, 5.74) is 1.93. The Labute approximate surface area is 59.2 Å². The van der Waals surface area contributed by atoms with E-state index in [1.54, 1.807) is 0 Å². The monoisotopic (exact) mass is 161 g/mol. The molecule has 0 aliphatic carbocycles. The lowest BCUT2D eigenvalue weighted by atomic mass is 10.2. The van der Waals surface area contributed by atoms with Crippen molar-refractivity contribution in [2.24, 2.45) is 4.40 Å². The van der Waals surface area contributed by atoms with Gasteiger partial charge in [0.25, 0.3) is 0 Å². The molecule has 0 aromatic rings. The van der Waals surface area contributed by atoms with Crippen LogP contribution in [-0.2, 0) is 11.0 Å². The summed E-state index contributed by atoms with van der Waals surface area (Å²) >= 11 is 0. The summed E-state index contributed by atoms with van der Waals surface area (Å²) in [4.78, 5) is 0. The molecule has 2 nitrogen and oxygen atoms in total. The van der Waals surface area contributed by atoms with Crippen molar-refractivity contribution in [3.05, 3.63) is 10.2 Å². The van der Waals surface area contributed by atoms with E-state index in [0.29, 0.717) is 0 Å². The minimum atomic E-state index is -1.10. The Bertz CT molecular complexity index is 231. The molecule has 0 bridgehead atoms. The van der Waals surface area contributed by atoms with Gasteiger partial charge in [0.1, 0.15) is 0 Å². The van der Waals surface area contributed by atoms with Crippen molar-refractivity contribution >= 4 is 25.9 Å². The van der Waals surface area contributed by atoms with Crippen LogP contribution in [0.4, 0.5) is 0 Å². The molecule has 0 amide bonds. The van der Waals surface area contributed by atoms with Crippen LogP contribution in [0.5, 0.6) is 0 Å². The highest BCUT2D eigenvalue weighted by atomic mass is 32.2. The second kappa shape index (κ2) is 2.31. The first kappa shape index (κ1) is 7.10. The van der Waals surface area contributed by atoms with Gasteiger partial charge in [-0.05, 0) is 19.4 Å². The van der Waals surface area contributed by atoms with Crippen LogP contribution in [0.15, 0.2) is 14.6 Å². The molecule has 0 N–H and O–H groups in total. The topological polar surface area (TPSA) is 29.4 Å². The lowest BCUT2D eigenvalue weighted by molar-refractivity contribution is 0.689. The number of nitrogens with zero attached hydrogens (tertiary/aromatic N) is 1. The molecule has 0 radical (unpaired) electrons. The number of rotatable bonds is 0. The maximum atomic E-state index is 10.8. The maximum Gasteiger partial charge on any atom is 0.172 e. The van der Waals surface area contributed by atoms with Gasteiger partial charge in [-0.2, -0.15) is 4.40 Å². The Kier molecular flexibility index (Phi) is 1.83. The highest BCUT2D eigenvalue weighted by Crippen LogP contribution is 2.24. The van der Waals surface area contributed by atoms with Crippen LogP contribution in [0.2, 0.25) is 0 Å². The Balaban J connectivity index is 3.11. The highest BCUT2D eigenvalue weighted by molar-refractivity contribution is 7.93. The lowest BCUT2D eigenvalue weighted by Crippen LogP contribution is -1.85. The Hall–Kier alpha value is -0.0100. The van der Waals surface area contributed by atoms with Crippen molar-refractivity contribution in [3.8, 4) is 0 Å². The highest BCUT2D eigenvalue weighted by Gasteiger charge is 2.14. The van der Waals surface area contributed by atoms with E-state index in [4.69, 9.17) is 0 Å². The average Bonchev–Trinajstić information content (AvgIpc) is 1.98. The van der Waals surface area contributed by atoms with E-state index in [-0.39, 0.29) is 0 Å². The number of hydrogen-bond donors (Lipinski definition) is 0. The molecule has 9 heavy (non-hydrogen) atoms. The summed E-state index contributed by atoms with van der Waals surface area (Å²) in [5.74, 6) is 0. The molecule has 0 saturated heterocycles. The number of hydrogen-bond acceptors (Lipinski definition) is 1. The van der Waals surface area contributed by atoms with E-state index >= 15 is 0 Å². The summed E-state index contributed by atoms with van der Waals surface area (Å²) in [6, 6.07) is 0. The van der Waals surface area contributed by atoms with Gasteiger partial charge in [-0.3, -0.25) is 0 Å². The third kappa shape index (κ3) is 1.12. The van der Waals surface area contributed by atoms with Gasteiger partial charge in [0.05, 0.1) is 10.4 Å². The molecular weight excluding hydrogens is 153 g/mol. The van der Waals surface area contributed by atoms with Crippen LogP contribution >= 0.6 is 9.24 Å². The van der Waals surface area contributed by atoms with Gasteiger partial charge >= 0.3 is 0 Å². The fraction of sp³-hybridized carbons (Fsp3) is 0.400. The Morgan fingerprint density at radius 2 is 2.11 bits per heavy atom. The summed E-state index contributed by atoms with van der Waals surface area (Å²) in [6.07, 6.45) is 0. The summed E-state index contributed by atoms with van der Waals surface area (Å²) in [7, 11) is 1.34. The van der Waals surface area contributed by atoms with Crippen LogP contribution in [0.1, 0.15) is 13.8 Å². The van der Waals surface area contributed by atoms with Crippen molar-refractivity contribution in [1.29, 1.82) is 0 Å². The molecule has 0 saturated carbocycles. The van der Waals surface area contributed by atoms with Gasteiger partial charge in [0.2, 0.25) is 0 Å². The van der Waals surface area contributed by atoms with E-state index < -0.39 is 11.0 Å². The normalized spacial score (nSPS) is 27.0. The van der Waals surface area contributed by atoms with Crippen LogP contribution in [0, 0.1) is 0 Å². The van der Waals surface area contributed by atoms with Crippen molar-refractivity contribution in [2.45, 2.75) is 13.8 Å². The SMILES string of the molecule is CC1=NS(=O)C(P)=C1C. The van der Waals surface area contributed by atoms with Crippen molar-refractivity contribution in [2.75, 3.05) is 0 Å². The summed E-state index contributed by atoms with van der Waals surface area (Å²) in [5, 5.41) is 0. The molecular formula is C5H8NOPS. The number of allylic oxidation sites excluding steroid dienone is 1. The van der Waals surface area contributed by atoms with E-state index in [1.165, 1.54) is 0 Å². The van der Waals surface area contributed by atoms with Gasteiger partial charge in [-0.15, -0.1) is 0 Å². The van der Waals surface area contributed by atoms with Crippen molar-refractivity contribution in [3.63, 3.8) is 0 Å². The summed E-state index contributed by atoms with van der Waals surface area (Å²) < 4.78 is 15.5. The van der Waals surface area contributed by atoms with Gasteiger partial charge < -0.3 is 0 Å². The Morgan fingerprint density at radius 1 is 1.56 bits per heavy atom. The lowest BCUT2D eigenvalue weighted by Gasteiger charge is -1.88. The molecule has 1 heterocycles. The molecule has 1 aliphatic rings. The van der Waals surface area contributed by atoms with Crippen LogP contribution in [0.3, 0.4) is 0 Å². The third-order valence-corrected chi connectivity index (χ3v) is 3.48. The Morgan fingerprint density at radius 3 is 2.22 bits per heavy atom. The predicted molar refractivity (Wildman–Crippen MR) is 43.7 cm³/mol.